The van der Waals surface area contributed by atoms with E-state index in [2.05, 4.69) is 431 Å². The van der Waals surface area contributed by atoms with Crippen LogP contribution in [0.25, 0.3) is 164 Å². The molecule has 504 valence electrons. The summed E-state index contributed by atoms with van der Waals surface area (Å²) in [7, 11) is 0. The first-order valence-electron chi connectivity index (χ1n) is 37.2. The summed E-state index contributed by atoms with van der Waals surface area (Å²) in [5.41, 5.74) is 25.1. The van der Waals surface area contributed by atoms with Crippen molar-refractivity contribution in [2.75, 3.05) is 9.80 Å². The van der Waals surface area contributed by atoms with E-state index in [1.807, 2.05) is 0 Å². The van der Waals surface area contributed by atoms with E-state index in [-0.39, 0.29) is 0 Å². The first-order chi connectivity index (χ1) is 53.6. The highest BCUT2D eigenvalue weighted by Gasteiger charge is 2.26. The van der Waals surface area contributed by atoms with Gasteiger partial charge >= 0.3 is 0 Å². The molecule has 4 heteroatoms. The van der Waals surface area contributed by atoms with E-state index in [9.17, 15) is 0 Å². The molecule has 0 aliphatic heterocycles. The van der Waals surface area contributed by atoms with Crippen molar-refractivity contribution < 1.29 is 0 Å². The van der Waals surface area contributed by atoms with Crippen LogP contribution < -0.4 is 9.80 Å². The maximum Gasteiger partial charge on any atom is 0.0553 e. The average Bonchev–Trinajstić information content (AvgIpc) is 1.56. The summed E-state index contributed by atoms with van der Waals surface area (Å²) in [6.45, 7) is 0. The van der Waals surface area contributed by atoms with Crippen molar-refractivity contribution in [2.45, 2.75) is 0 Å². The van der Waals surface area contributed by atoms with Gasteiger partial charge in [0.2, 0.25) is 0 Å². The minimum absolute atomic E-state index is 1.06. The van der Waals surface area contributed by atoms with Crippen LogP contribution in [0.1, 0.15) is 0 Å². The predicted molar refractivity (Wildman–Crippen MR) is 459 cm³/mol. The molecule has 0 N–H and O–H groups in total. The van der Waals surface area contributed by atoms with Crippen LogP contribution in [0.2, 0.25) is 0 Å². The van der Waals surface area contributed by atoms with E-state index >= 15 is 0 Å². The van der Waals surface area contributed by atoms with E-state index in [1.54, 1.807) is 0 Å². The molecule has 0 unspecified atom stereocenters. The second kappa shape index (κ2) is 25.8. The van der Waals surface area contributed by atoms with Gasteiger partial charge < -0.3 is 18.9 Å². The van der Waals surface area contributed by atoms with E-state index in [4.69, 9.17) is 0 Å². The fourth-order valence-corrected chi connectivity index (χ4v) is 17.2. The highest BCUT2D eigenvalue weighted by molar-refractivity contribution is 6.25. The zero-order valence-corrected chi connectivity index (χ0v) is 59.0. The zero-order chi connectivity index (χ0) is 71.2. The van der Waals surface area contributed by atoms with Gasteiger partial charge in [0.25, 0.3) is 0 Å². The number of hydrogen-bond acceptors (Lipinski definition) is 2. The summed E-state index contributed by atoms with van der Waals surface area (Å²) in [6.07, 6.45) is 0. The summed E-state index contributed by atoms with van der Waals surface area (Å²) >= 11 is 0. The molecule has 108 heavy (non-hydrogen) atoms. The zero-order valence-electron chi connectivity index (χ0n) is 59.0. The molecule has 0 bridgehead atoms. The predicted octanol–water partition coefficient (Wildman–Crippen LogP) is 28.9. The highest BCUT2D eigenvalue weighted by atomic mass is 15.2. The van der Waals surface area contributed by atoms with E-state index in [0.29, 0.717) is 0 Å². The molecule has 0 saturated heterocycles. The minimum atomic E-state index is 1.06. The summed E-state index contributed by atoms with van der Waals surface area (Å²) in [4.78, 5) is 4.93. The Balaban J connectivity index is 0.740. The molecule has 2 heterocycles. The van der Waals surface area contributed by atoms with Crippen LogP contribution in [0.3, 0.4) is 0 Å². The number of aromatic nitrogens is 2. The number of anilines is 6. The maximum absolute atomic E-state index is 2.47. The fourth-order valence-electron chi connectivity index (χ4n) is 17.2. The lowest BCUT2D eigenvalue weighted by atomic mass is 9.90. The third-order valence-corrected chi connectivity index (χ3v) is 22.2. The molecular weight excluding hydrogens is 1310 g/mol. The second-order valence-corrected chi connectivity index (χ2v) is 28.3. The lowest BCUT2D eigenvalue weighted by molar-refractivity contribution is 1.18. The topological polar surface area (TPSA) is 16.3 Å². The Hall–Kier alpha value is -14.3. The van der Waals surface area contributed by atoms with Crippen molar-refractivity contribution in [3.8, 4) is 67.0 Å². The lowest BCUT2D eigenvalue weighted by Crippen LogP contribution is -2.10. The smallest absolute Gasteiger partial charge is 0.0553 e. The molecule has 0 atom stereocenters. The van der Waals surface area contributed by atoms with Crippen LogP contribution in [0.4, 0.5) is 34.1 Å². The number of benzene rings is 19. The quantitative estimate of drug-likeness (QED) is 0.114. The third-order valence-electron chi connectivity index (χ3n) is 22.2. The monoisotopic (exact) mass is 1370 g/mol. The number of rotatable bonds is 13. The van der Waals surface area contributed by atoms with Gasteiger partial charge in [-0.05, 0) is 220 Å². The SMILES string of the molecule is c1ccc(-c2ccc(-c3ccc(N(c4cccc(-c5c6ccccc6cc6c5c5ccccc5n6-c5ccccc5)c4)c4cccc5cc(-c6ccc7cc8c(c(-c9cccc(N(c%10ccc%11ccccc%11c%10)c%10cccc%11ccccc%10%11)c9)c7c6)c6ccccc6n8-c6ccccc6)ccc45)cc3)cc2)cc1. The first-order valence-corrected chi connectivity index (χ1v) is 37.2. The van der Waals surface area contributed by atoms with E-state index in [0.717, 1.165) is 101 Å². The van der Waals surface area contributed by atoms with Crippen LogP contribution in [0, 0.1) is 0 Å². The van der Waals surface area contributed by atoms with E-state index in [1.165, 1.54) is 98.1 Å². The summed E-state index contributed by atoms with van der Waals surface area (Å²) < 4.78 is 4.89. The van der Waals surface area contributed by atoms with Gasteiger partial charge in [0.05, 0.1) is 33.4 Å². The van der Waals surface area contributed by atoms with Crippen molar-refractivity contribution in [2.24, 2.45) is 0 Å². The standard InChI is InChI=1S/C104H68N4/c1-4-24-69(25-5-1)71-48-50-72(51-49-71)73-54-58-85(59-55-73)105(86-38-20-32-81(64-86)101-91-41-15-13-29-79(91)67-99-103(101)92-42-16-18-44-97(92)107(99)83-34-6-2-7-35-83)96-47-23-31-78-62-76(57-61-90(78)96)77-52-53-80-68-100-104(93-43-17-19-45-98(93)108(100)84-36-8-3-9-37-84)102(94(80)66-77)82-33-21-39-87(65-82)106(88-60-56-70-26-10-11-28-75(70)63-88)95-46-22-30-74-27-12-14-40-89(74)95/h1-68H. The Morgan fingerprint density at radius 3 is 1.15 bits per heavy atom. The van der Waals surface area contributed by atoms with Crippen LogP contribution in [-0.2, 0) is 0 Å². The number of fused-ring (bicyclic) bond motifs is 11. The molecule has 0 saturated carbocycles. The molecule has 0 fully saturated rings. The summed E-state index contributed by atoms with van der Waals surface area (Å²) in [5.74, 6) is 0. The number of para-hydroxylation sites is 4. The Morgan fingerprint density at radius 1 is 0.167 bits per heavy atom. The van der Waals surface area contributed by atoms with Crippen molar-refractivity contribution in [3.05, 3.63) is 413 Å². The normalized spacial score (nSPS) is 11.7. The maximum atomic E-state index is 2.47. The molecule has 0 radical (unpaired) electrons. The van der Waals surface area contributed by atoms with Crippen molar-refractivity contribution >= 4 is 132 Å². The molecule has 21 aromatic rings. The Labute approximate surface area is 626 Å². The molecule has 19 aromatic carbocycles. The minimum Gasteiger partial charge on any atom is -0.310 e. The first kappa shape index (κ1) is 62.3. The number of nitrogens with zero attached hydrogens (tertiary/aromatic N) is 4. The Morgan fingerprint density at radius 2 is 0.537 bits per heavy atom. The van der Waals surface area contributed by atoms with Gasteiger partial charge in [0, 0.05) is 66.4 Å². The lowest BCUT2D eigenvalue weighted by Gasteiger charge is -2.28. The Kier molecular flexibility index (Phi) is 14.9. The van der Waals surface area contributed by atoms with Crippen LogP contribution in [0.5, 0.6) is 0 Å². The van der Waals surface area contributed by atoms with Gasteiger partial charge in [0.15, 0.2) is 0 Å². The van der Waals surface area contributed by atoms with Gasteiger partial charge in [-0.2, -0.15) is 0 Å². The molecule has 0 aliphatic rings. The van der Waals surface area contributed by atoms with Gasteiger partial charge in [0.1, 0.15) is 0 Å². The summed E-state index contributed by atoms with van der Waals surface area (Å²) in [5, 5.41) is 16.7. The molecular formula is C104H68N4. The highest BCUT2D eigenvalue weighted by Crippen LogP contribution is 2.50. The van der Waals surface area contributed by atoms with Gasteiger partial charge in [-0.3, -0.25) is 0 Å². The van der Waals surface area contributed by atoms with Crippen LogP contribution >= 0.6 is 0 Å². The van der Waals surface area contributed by atoms with Gasteiger partial charge in [-0.1, -0.05) is 291 Å². The second-order valence-electron chi connectivity index (χ2n) is 28.3. The van der Waals surface area contributed by atoms with Crippen molar-refractivity contribution in [1.82, 2.24) is 9.13 Å². The van der Waals surface area contributed by atoms with Gasteiger partial charge in [-0.15, -0.1) is 0 Å². The van der Waals surface area contributed by atoms with E-state index < -0.39 is 0 Å². The average molecular weight is 1370 g/mol. The fraction of sp³-hybridized carbons (Fsp3) is 0. The van der Waals surface area contributed by atoms with Crippen molar-refractivity contribution in [3.63, 3.8) is 0 Å². The van der Waals surface area contributed by atoms with Crippen molar-refractivity contribution in [1.29, 1.82) is 0 Å². The molecule has 0 aliphatic carbocycles. The largest absolute Gasteiger partial charge is 0.310 e. The van der Waals surface area contributed by atoms with Crippen LogP contribution in [-0.4, -0.2) is 9.13 Å². The molecule has 0 amide bonds. The summed E-state index contributed by atoms with van der Waals surface area (Å²) in [6, 6.07) is 152. The molecule has 2 aromatic heterocycles. The Bertz CT molecular complexity index is 7090. The molecule has 21 rings (SSSR count). The molecule has 4 nitrogen and oxygen atoms in total. The van der Waals surface area contributed by atoms with Crippen LogP contribution in [0.15, 0.2) is 413 Å². The third kappa shape index (κ3) is 10.5. The van der Waals surface area contributed by atoms with Gasteiger partial charge in [-0.25, -0.2) is 0 Å². The number of hydrogen-bond donors (Lipinski definition) is 0. The molecule has 0 spiro atoms.